The molecule has 0 radical (unpaired) electrons. The lowest BCUT2D eigenvalue weighted by Crippen LogP contribution is -2.44. The summed E-state index contributed by atoms with van der Waals surface area (Å²) < 4.78 is 12.1. The number of fused-ring (bicyclic) bond motifs is 1. The Morgan fingerprint density at radius 1 is 1.10 bits per heavy atom. The third-order valence-corrected chi connectivity index (χ3v) is 13.7. The van der Waals surface area contributed by atoms with E-state index in [0.29, 0.717) is 32.7 Å². The van der Waals surface area contributed by atoms with Crippen molar-refractivity contribution in [2.45, 2.75) is 71.2 Å². The van der Waals surface area contributed by atoms with Gasteiger partial charge in [-0.05, 0) is 73.7 Å². The van der Waals surface area contributed by atoms with Gasteiger partial charge in [-0.15, -0.1) is 0 Å². The molecule has 0 saturated heterocycles. The van der Waals surface area contributed by atoms with Gasteiger partial charge in [0.25, 0.3) is 5.91 Å². The smallest absolute Gasteiger partial charge is 0.259 e. The quantitative estimate of drug-likeness (QED) is 0.164. The van der Waals surface area contributed by atoms with Gasteiger partial charge in [-0.3, -0.25) is 15.1 Å². The van der Waals surface area contributed by atoms with Crippen LogP contribution in [0, 0.1) is 6.92 Å². The third kappa shape index (κ3) is 6.41. The standard InChI is InChI=1S/C31H36ClN5O3SSi/c1-18-12-22(23-14-27(32)34-17-26(23)39-5)24(16-33-18)28(38)37-30-36-25-13-20(15-35-29(25)41-30)19-8-10-21(11-9-19)40-42(6,7)31(2,3)4/h8,12-17,21H,9-11H2,1-7H3,(H,36,37,38). The molecule has 1 unspecified atom stereocenters. The van der Waals surface area contributed by atoms with Crippen molar-refractivity contribution in [3.05, 3.63) is 64.8 Å². The molecule has 4 aromatic rings. The molecule has 1 N–H and O–H groups in total. The van der Waals surface area contributed by atoms with E-state index < -0.39 is 8.32 Å². The Balaban J connectivity index is 1.35. The first kappa shape index (κ1) is 30.3. The number of aryl methyl sites for hydroxylation is 1. The van der Waals surface area contributed by atoms with Crippen molar-refractivity contribution in [2.75, 3.05) is 12.4 Å². The summed E-state index contributed by atoms with van der Waals surface area (Å²) in [6.07, 6.45) is 10.4. The van der Waals surface area contributed by atoms with Crippen LogP contribution < -0.4 is 10.1 Å². The molecule has 42 heavy (non-hydrogen) atoms. The van der Waals surface area contributed by atoms with E-state index in [-0.39, 0.29) is 17.0 Å². The molecule has 0 fully saturated rings. The number of pyridine rings is 3. The van der Waals surface area contributed by atoms with Crippen LogP contribution in [0.1, 0.15) is 61.6 Å². The molecule has 0 bridgehead atoms. The number of thiazole rings is 1. The number of allylic oxidation sites excluding steroid dienone is 1. The minimum atomic E-state index is -1.80. The highest BCUT2D eigenvalue weighted by Crippen LogP contribution is 2.40. The number of hydrogen-bond donors (Lipinski definition) is 1. The van der Waals surface area contributed by atoms with Gasteiger partial charge < -0.3 is 9.16 Å². The molecule has 0 aromatic carbocycles. The maximum Gasteiger partial charge on any atom is 0.259 e. The van der Waals surface area contributed by atoms with Gasteiger partial charge in [0.15, 0.2) is 13.4 Å². The number of amides is 1. The average molecular weight is 622 g/mol. The Morgan fingerprint density at radius 3 is 2.57 bits per heavy atom. The third-order valence-electron chi connectivity index (χ3n) is 8.10. The highest BCUT2D eigenvalue weighted by molar-refractivity contribution is 7.22. The molecule has 1 amide bonds. The van der Waals surface area contributed by atoms with E-state index in [0.717, 1.165) is 40.9 Å². The minimum absolute atomic E-state index is 0.195. The first-order valence-electron chi connectivity index (χ1n) is 14.0. The number of rotatable bonds is 7. The monoisotopic (exact) mass is 621 g/mol. The molecular weight excluding hydrogens is 586 g/mol. The van der Waals surface area contributed by atoms with Gasteiger partial charge >= 0.3 is 0 Å². The molecule has 0 saturated carbocycles. The fourth-order valence-corrected chi connectivity index (χ4v) is 7.09. The highest BCUT2D eigenvalue weighted by atomic mass is 35.5. The van der Waals surface area contributed by atoms with Crippen LogP contribution >= 0.6 is 22.9 Å². The zero-order valence-electron chi connectivity index (χ0n) is 25.0. The molecule has 11 heteroatoms. The number of aromatic nitrogens is 4. The number of halogens is 1. The minimum Gasteiger partial charge on any atom is -0.494 e. The first-order chi connectivity index (χ1) is 19.8. The predicted octanol–water partition coefficient (Wildman–Crippen LogP) is 8.33. The van der Waals surface area contributed by atoms with Crippen molar-refractivity contribution < 1.29 is 14.0 Å². The van der Waals surface area contributed by atoms with E-state index >= 15 is 0 Å². The average Bonchev–Trinajstić information content (AvgIpc) is 3.34. The summed E-state index contributed by atoms with van der Waals surface area (Å²) in [6, 6.07) is 5.56. The number of ether oxygens (including phenoxy) is 1. The van der Waals surface area contributed by atoms with Gasteiger partial charge in [-0.2, -0.15) is 0 Å². The molecule has 220 valence electrons. The summed E-state index contributed by atoms with van der Waals surface area (Å²) in [6.45, 7) is 13.3. The van der Waals surface area contributed by atoms with Crippen LogP contribution in [0.15, 0.2) is 42.9 Å². The highest BCUT2D eigenvalue weighted by Gasteiger charge is 2.39. The maximum atomic E-state index is 13.5. The number of nitrogens with one attached hydrogen (secondary N) is 1. The normalized spacial score (nSPS) is 15.9. The van der Waals surface area contributed by atoms with E-state index in [9.17, 15) is 4.79 Å². The largest absolute Gasteiger partial charge is 0.494 e. The maximum absolute atomic E-state index is 13.5. The number of methoxy groups -OCH3 is 1. The van der Waals surface area contributed by atoms with Crippen LogP contribution in [-0.2, 0) is 4.43 Å². The van der Waals surface area contributed by atoms with E-state index in [1.807, 2.05) is 19.2 Å². The molecule has 0 aliphatic heterocycles. The second-order valence-electron chi connectivity index (χ2n) is 12.1. The number of carbonyl (C=O) groups is 1. The molecule has 0 spiro atoms. The summed E-state index contributed by atoms with van der Waals surface area (Å²) in [5, 5.41) is 3.90. The van der Waals surface area contributed by atoms with E-state index in [4.69, 9.17) is 25.7 Å². The van der Waals surface area contributed by atoms with Crippen LogP contribution in [0.3, 0.4) is 0 Å². The predicted molar refractivity (Wildman–Crippen MR) is 173 cm³/mol. The number of hydrogen-bond acceptors (Lipinski definition) is 8. The fourth-order valence-electron chi connectivity index (χ4n) is 4.74. The molecular formula is C31H36ClN5O3SSi. The second-order valence-corrected chi connectivity index (χ2v) is 18.2. The lowest BCUT2D eigenvalue weighted by atomic mass is 9.93. The van der Waals surface area contributed by atoms with E-state index in [2.05, 4.69) is 66.3 Å². The van der Waals surface area contributed by atoms with Crippen molar-refractivity contribution in [3.8, 4) is 16.9 Å². The number of nitrogens with zero attached hydrogens (tertiary/aromatic N) is 4. The Hall–Kier alpha value is -3.18. The van der Waals surface area contributed by atoms with Crippen LogP contribution in [-0.4, -0.2) is 47.4 Å². The van der Waals surface area contributed by atoms with Gasteiger partial charge in [0, 0.05) is 35.3 Å². The lowest BCUT2D eigenvalue weighted by molar-refractivity contribution is 0.102. The zero-order valence-corrected chi connectivity index (χ0v) is 27.6. The first-order valence-corrected chi connectivity index (χ1v) is 18.1. The number of carbonyl (C=O) groups excluding carboxylic acids is 1. The number of anilines is 1. The van der Waals surface area contributed by atoms with E-state index in [1.165, 1.54) is 23.1 Å². The van der Waals surface area contributed by atoms with Gasteiger partial charge in [0.05, 0.1) is 18.9 Å². The van der Waals surface area contributed by atoms with Gasteiger partial charge in [0.1, 0.15) is 21.2 Å². The molecule has 8 nitrogen and oxygen atoms in total. The molecule has 4 aromatic heterocycles. The lowest BCUT2D eigenvalue weighted by Gasteiger charge is -2.40. The molecule has 1 atom stereocenters. The van der Waals surface area contributed by atoms with Crippen LogP contribution in [0.25, 0.3) is 27.0 Å². The summed E-state index contributed by atoms with van der Waals surface area (Å²) in [7, 11) is -0.251. The Kier molecular flexibility index (Phi) is 8.53. The summed E-state index contributed by atoms with van der Waals surface area (Å²) in [5.41, 5.74) is 5.49. The van der Waals surface area contributed by atoms with Gasteiger partial charge in [-0.25, -0.2) is 15.0 Å². The van der Waals surface area contributed by atoms with Crippen molar-refractivity contribution in [3.63, 3.8) is 0 Å². The van der Waals surface area contributed by atoms with Gasteiger partial charge in [0.2, 0.25) is 0 Å². The van der Waals surface area contributed by atoms with Crippen molar-refractivity contribution in [1.82, 2.24) is 19.9 Å². The molecule has 1 aliphatic carbocycles. The van der Waals surface area contributed by atoms with Gasteiger partial charge in [-0.1, -0.05) is 49.8 Å². The summed E-state index contributed by atoms with van der Waals surface area (Å²) in [5.74, 6) is 0.167. The van der Waals surface area contributed by atoms with Crippen LogP contribution in [0.4, 0.5) is 5.13 Å². The van der Waals surface area contributed by atoms with Crippen LogP contribution in [0.5, 0.6) is 5.75 Å². The van der Waals surface area contributed by atoms with Crippen molar-refractivity contribution in [2.24, 2.45) is 0 Å². The van der Waals surface area contributed by atoms with E-state index in [1.54, 1.807) is 19.4 Å². The van der Waals surface area contributed by atoms with Crippen LogP contribution in [0.2, 0.25) is 23.3 Å². The SMILES string of the molecule is COc1cnc(Cl)cc1-c1cc(C)ncc1C(=O)Nc1nc2cc(C3=CCC(O[Si](C)(C)C(C)(C)C)CC3)cnc2s1. The summed E-state index contributed by atoms with van der Waals surface area (Å²) in [4.78, 5) is 32.0. The molecule has 5 rings (SSSR count). The zero-order chi connectivity index (χ0) is 30.2. The molecule has 1 aliphatic rings. The van der Waals surface area contributed by atoms with Crippen molar-refractivity contribution in [1.29, 1.82) is 0 Å². The topological polar surface area (TPSA) is 99.1 Å². The fraction of sp³-hybridized carbons (Fsp3) is 0.387. The van der Waals surface area contributed by atoms with Crippen molar-refractivity contribution >= 4 is 58.2 Å². The Morgan fingerprint density at radius 2 is 1.88 bits per heavy atom. The second kappa shape index (κ2) is 11.8. The summed E-state index contributed by atoms with van der Waals surface area (Å²) >= 11 is 7.52. The Labute approximate surface area is 256 Å². The Bertz CT molecular complexity index is 1680. The molecule has 4 heterocycles.